The van der Waals surface area contributed by atoms with Crippen LogP contribution >= 0.6 is 0 Å². The summed E-state index contributed by atoms with van der Waals surface area (Å²) in [7, 11) is 1.61. The van der Waals surface area contributed by atoms with E-state index < -0.39 is 29.1 Å². The maximum absolute atomic E-state index is 13.5. The van der Waals surface area contributed by atoms with E-state index in [1.807, 2.05) is 20.8 Å². The minimum atomic E-state index is -0.848. The largest absolute Gasteiger partial charge is 0.394 e. The molecule has 1 atom stereocenters. The van der Waals surface area contributed by atoms with E-state index in [2.05, 4.69) is 10.6 Å². The molecule has 0 aliphatic carbocycles. The number of halogens is 1. The molecule has 0 aliphatic heterocycles. The van der Waals surface area contributed by atoms with Crippen LogP contribution in [0, 0.1) is 32.0 Å². The Morgan fingerprint density at radius 2 is 1.77 bits per heavy atom. The van der Waals surface area contributed by atoms with Crippen molar-refractivity contribution < 1.29 is 23.9 Å². The van der Waals surface area contributed by atoms with Crippen molar-refractivity contribution in [1.29, 1.82) is 0 Å². The second-order valence-corrected chi connectivity index (χ2v) is 8.81. The molecule has 31 heavy (non-hydrogen) atoms. The van der Waals surface area contributed by atoms with Crippen molar-refractivity contribution in [2.75, 3.05) is 11.9 Å². The van der Waals surface area contributed by atoms with Gasteiger partial charge in [0.1, 0.15) is 5.82 Å². The normalized spacial score (nSPS) is 12.4. The van der Waals surface area contributed by atoms with Crippen LogP contribution in [0.4, 0.5) is 10.1 Å². The topological polar surface area (TPSA) is 100 Å². The molecule has 1 aromatic carbocycles. The number of carbonyl (C=O) groups is 3. The van der Waals surface area contributed by atoms with Crippen LogP contribution in [0.1, 0.15) is 58.4 Å². The van der Waals surface area contributed by atoms with Crippen LogP contribution in [0.5, 0.6) is 0 Å². The number of amides is 2. The number of ketones is 1. The predicted octanol–water partition coefficient (Wildman–Crippen LogP) is 3.05. The molecule has 168 valence electrons. The number of benzene rings is 1. The van der Waals surface area contributed by atoms with Crippen LogP contribution in [0.25, 0.3) is 0 Å². The van der Waals surface area contributed by atoms with E-state index >= 15 is 0 Å². The molecule has 0 aliphatic rings. The van der Waals surface area contributed by atoms with E-state index in [1.165, 1.54) is 22.8 Å². The van der Waals surface area contributed by atoms with Gasteiger partial charge >= 0.3 is 0 Å². The van der Waals surface area contributed by atoms with Crippen molar-refractivity contribution in [2.45, 2.75) is 47.6 Å². The fourth-order valence-corrected chi connectivity index (χ4v) is 3.42. The van der Waals surface area contributed by atoms with Gasteiger partial charge in [0.15, 0.2) is 0 Å². The van der Waals surface area contributed by atoms with Crippen LogP contribution in [0.3, 0.4) is 0 Å². The lowest BCUT2D eigenvalue weighted by molar-refractivity contribution is -0.118. The van der Waals surface area contributed by atoms with Crippen molar-refractivity contribution in [3.8, 4) is 0 Å². The monoisotopic (exact) mass is 431 g/mol. The first kappa shape index (κ1) is 24.3. The number of Topliss-reactive ketones (excluding diaryl/α,β-unsaturated/α-hetero) is 1. The highest BCUT2D eigenvalue weighted by molar-refractivity contribution is 6.43. The quantitative estimate of drug-likeness (QED) is 0.483. The van der Waals surface area contributed by atoms with Gasteiger partial charge in [0.25, 0.3) is 17.6 Å². The fourth-order valence-electron chi connectivity index (χ4n) is 3.42. The van der Waals surface area contributed by atoms with Crippen LogP contribution in [-0.2, 0) is 11.8 Å². The van der Waals surface area contributed by atoms with Crippen LogP contribution in [0.2, 0.25) is 0 Å². The average molecular weight is 432 g/mol. The molecular formula is C23H30FN3O4. The summed E-state index contributed by atoms with van der Waals surface area (Å²) in [6.07, 6.45) is 0. The number of carbonyl (C=O) groups excluding carboxylic acids is 3. The van der Waals surface area contributed by atoms with E-state index in [4.69, 9.17) is 0 Å². The standard InChI is InChI=1S/C23H30FN3O4/c1-12-10-15(8-9-16(12)24)25-21(30)18-13(2)19(27(7)14(18)3)20(29)22(31)26-17(11-28)23(4,5)6/h8-10,17,28H,11H2,1-7H3,(H,25,30)(H,26,31)/t17-/m1/s1. The maximum atomic E-state index is 13.5. The summed E-state index contributed by atoms with van der Waals surface area (Å²) in [4.78, 5) is 38.4. The molecule has 0 spiro atoms. The first-order chi connectivity index (χ1) is 14.3. The predicted molar refractivity (Wildman–Crippen MR) is 117 cm³/mol. The van der Waals surface area contributed by atoms with Crippen molar-refractivity contribution in [3.05, 3.63) is 52.1 Å². The zero-order chi connectivity index (χ0) is 23.7. The SMILES string of the molecule is Cc1cc(NC(=O)c2c(C)c(C(=O)C(=O)N[C@H](CO)C(C)(C)C)n(C)c2C)ccc1F. The molecule has 7 nitrogen and oxygen atoms in total. The van der Waals surface area contributed by atoms with Gasteiger partial charge in [-0.2, -0.15) is 0 Å². The third-order valence-electron chi connectivity index (χ3n) is 5.53. The minimum absolute atomic E-state index is 0.0982. The summed E-state index contributed by atoms with van der Waals surface area (Å²) >= 11 is 0. The van der Waals surface area contributed by atoms with E-state index in [-0.39, 0.29) is 23.7 Å². The molecule has 0 saturated carbocycles. The number of aryl methyl sites for hydroxylation is 1. The molecule has 2 rings (SSSR count). The fraction of sp³-hybridized carbons (Fsp3) is 0.435. The van der Waals surface area contributed by atoms with Gasteiger partial charge in [-0.05, 0) is 55.5 Å². The first-order valence-corrected chi connectivity index (χ1v) is 9.99. The molecule has 8 heteroatoms. The summed E-state index contributed by atoms with van der Waals surface area (Å²) in [6, 6.07) is 3.63. The molecule has 2 amide bonds. The van der Waals surface area contributed by atoms with Crippen LogP contribution in [-0.4, -0.2) is 39.9 Å². The van der Waals surface area contributed by atoms with Gasteiger partial charge in [-0.15, -0.1) is 0 Å². The highest BCUT2D eigenvalue weighted by Crippen LogP contribution is 2.24. The highest BCUT2D eigenvalue weighted by Gasteiger charge is 2.32. The second kappa shape index (κ2) is 9.01. The summed E-state index contributed by atoms with van der Waals surface area (Å²) in [5, 5.41) is 14.9. The van der Waals surface area contributed by atoms with Crippen molar-refractivity contribution in [3.63, 3.8) is 0 Å². The number of aliphatic hydroxyl groups is 1. The summed E-state index contributed by atoms with van der Waals surface area (Å²) in [5.41, 5.74) is 1.63. The first-order valence-electron chi connectivity index (χ1n) is 9.99. The van der Waals surface area contributed by atoms with Gasteiger partial charge in [-0.1, -0.05) is 20.8 Å². The van der Waals surface area contributed by atoms with E-state index in [9.17, 15) is 23.9 Å². The van der Waals surface area contributed by atoms with E-state index in [0.29, 0.717) is 22.5 Å². The van der Waals surface area contributed by atoms with Crippen molar-refractivity contribution in [2.24, 2.45) is 12.5 Å². The number of rotatable bonds is 6. The molecule has 1 heterocycles. The third-order valence-corrected chi connectivity index (χ3v) is 5.53. The molecule has 0 saturated heterocycles. The Morgan fingerprint density at radius 1 is 1.16 bits per heavy atom. The smallest absolute Gasteiger partial charge is 0.294 e. The minimum Gasteiger partial charge on any atom is -0.394 e. The van der Waals surface area contributed by atoms with Gasteiger partial charge in [-0.3, -0.25) is 14.4 Å². The maximum Gasteiger partial charge on any atom is 0.294 e. The molecule has 0 bridgehead atoms. The third kappa shape index (κ3) is 5.02. The molecule has 0 unspecified atom stereocenters. The van der Waals surface area contributed by atoms with Crippen LogP contribution in [0.15, 0.2) is 18.2 Å². The zero-order valence-electron chi connectivity index (χ0n) is 19.0. The van der Waals surface area contributed by atoms with Gasteiger partial charge in [0, 0.05) is 18.4 Å². The Hall–Kier alpha value is -3.00. The van der Waals surface area contributed by atoms with Crippen molar-refractivity contribution >= 4 is 23.3 Å². The lowest BCUT2D eigenvalue weighted by Gasteiger charge is -2.29. The summed E-state index contributed by atoms with van der Waals surface area (Å²) in [6.45, 7) is 10.1. The van der Waals surface area contributed by atoms with E-state index in [1.54, 1.807) is 27.8 Å². The molecule has 0 fully saturated rings. The Balaban J connectivity index is 2.34. The van der Waals surface area contributed by atoms with Gasteiger partial charge < -0.3 is 20.3 Å². The average Bonchev–Trinajstić information content (AvgIpc) is 2.89. The Labute approximate surface area is 181 Å². The number of hydrogen-bond donors (Lipinski definition) is 3. The summed E-state index contributed by atoms with van der Waals surface area (Å²) in [5.74, 6) is -2.47. The number of aliphatic hydroxyl groups excluding tert-OH is 1. The lowest BCUT2D eigenvalue weighted by Crippen LogP contribution is -2.48. The van der Waals surface area contributed by atoms with Crippen LogP contribution < -0.4 is 10.6 Å². The molecule has 3 N–H and O–H groups in total. The Kier molecular flexibility index (Phi) is 7.06. The zero-order valence-corrected chi connectivity index (χ0v) is 19.0. The van der Waals surface area contributed by atoms with E-state index in [0.717, 1.165) is 0 Å². The molecule has 0 radical (unpaired) electrons. The molecule has 2 aromatic rings. The number of nitrogens with zero attached hydrogens (tertiary/aromatic N) is 1. The lowest BCUT2D eigenvalue weighted by atomic mass is 9.87. The highest BCUT2D eigenvalue weighted by atomic mass is 19.1. The Morgan fingerprint density at radius 3 is 2.29 bits per heavy atom. The van der Waals surface area contributed by atoms with Crippen molar-refractivity contribution in [1.82, 2.24) is 9.88 Å². The van der Waals surface area contributed by atoms with Gasteiger partial charge in [0.05, 0.1) is 23.9 Å². The Bertz CT molecular complexity index is 1030. The second-order valence-electron chi connectivity index (χ2n) is 8.81. The van der Waals surface area contributed by atoms with Gasteiger partial charge in [0.2, 0.25) is 0 Å². The number of nitrogens with one attached hydrogen (secondary N) is 2. The van der Waals surface area contributed by atoms with Gasteiger partial charge in [-0.25, -0.2) is 4.39 Å². The number of hydrogen-bond acceptors (Lipinski definition) is 4. The number of aromatic nitrogens is 1. The summed E-state index contributed by atoms with van der Waals surface area (Å²) < 4.78 is 15.0. The number of anilines is 1. The molecular weight excluding hydrogens is 401 g/mol. The molecule has 1 aromatic heterocycles.